The lowest BCUT2D eigenvalue weighted by Crippen LogP contribution is -2.23. The first-order valence-corrected chi connectivity index (χ1v) is 11.0. The summed E-state index contributed by atoms with van der Waals surface area (Å²) in [6, 6.07) is 12.8. The molecule has 1 N–H and O–H groups in total. The molecule has 0 aliphatic carbocycles. The van der Waals surface area contributed by atoms with Crippen molar-refractivity contribution in [2.45, 2.75) is 45.4 Å². The fourth-order valence-corrected chi connectivity index (χ4v) is 5.54. The van der Waals surface area contributed by atoms with Gasteiger partial charge in [0.15, 0.2) is 0 Å². The van der Waals surface area contributed by atoms with Gasteiger partial charge in [-0.05, 0) is 49.9 Å². The van der Waals surface area contributed by atoms with Crippen LogP contribution in [0.15, 0.2) is 52.2 Å². The summed E-state index contributed by atoms with van der Waals surface area (Å²) in [6.07, 6.45) is 0. The first-order valence-electron chi connectivity index (χ1n) is 9.52. The quantitative estimate of drug-likeness (QED) is 0.686. The van der Waals surface area contributed by atoms with E-state index in [0.29, 0.717) is 22.5 Å². The number of nitrogens with one attached hydrogen (secondary N) is 1. The molecule has 0 aliphatic rings. The second kappa shape index (κ2) is 7.55. The standard InChI is InChI=1S/C22H27N3O3S/c1-14(2)20-19(22(26)25(24(20)6)18-10-8-7-9-11-18)23-29(27,28)21-16(4)12-15(3)13-17(21)5/h7-14,23H,1-6H3. The van der Waals surface area contributed by atoms with Gasteiger partial charge in [-0.3, -0.25) is 14.2 Å². The highest BCUT2D eigenvalue weighted by atomic mass is 32.2. The molecule has 0 saturated carbocycles. The first-order chi connectivity index (χ1) is 13.5. The van der Waals surface area contributed by atoms with Gasteiger partial charge in [0, 0.05) is 7.05 Å². The zero-order valence-corrected chi connectivity index (χ0v) is 18.5. The average molecular weight is 414 g/mol. The molecule has 0 radical (unpaired) electrons. The van der Waals surface area contributed by atoms with E-state index < -0.39 is 15.6 Å². The lowest BCUT2D eigenvalue weighted by Gasteiger charge is -2.15. The Bertz CT molecular complexity index is 1200. The maximum absolute atomic E-state index is 13.3. The molecule has 0 saturated heterocycles. The van der Waals surface area contributed by atoms with Crippen molar-refractivity contribution >= 4 is 15.7 Å². The molecule has 2 aromatic carbocycles. The van der Waals surface area contributed by atoms with Crippen molar-refractivity contribution in [2.75, 3.05) is 4.72 Å². The third kappa shape index (κ3) is 3.74. The Morgan fingerprint density at radius 2 is 1.52 bits per heavy atom. The Hall–Kier alpha value is -2.80. The predicted octanol–water partition coefficient (Wildman–Crippen LogP) is 4.03. The van der Waals surface area contributed by atoms with Crippen LogP contribution in [0, 0.1) is 20.8 Å². The molecular formula is C22H27N3O3S. The van der Waals surface area contributed by atoms with E-state index in [-0.39, 0.29) is 16.5 Å². The van der Waals surface area contributed by atoms with Crippen LogP contribution in [0.1, 0.15) is 42.1 Å². The SMILES string of the molecule is Cc1cc(C)c(S(=O)(=O)Nc2c(C(C)C)n(C)n(-c3ccccc3)c2=O)c(C)c1. The first kappa shape index (κ1) is 20.9. The van der Waals surface area contributed by atoms with Crippen LogP contribution in [0.4, 0.5) is 5.69 Å². The number of aryl methyl sites for hydroxylation is 3. The Balaban J connectivity index is 2.21. The topological polar surface area (TPSA) is 73.1 Å². The smallest absolute Gasteiger partial charge is 0.283 e. The van der Waals surface area contributed by atoms with Crippen molar-refractivity contribution in [2.24, 2.45) is 7.05 Å². The van der Waals surface area contributed by atoms with Gasteiger partial charge in [0.05, 0.1) is 16.3 Å². The minimum absolute atomic E-state index is 0.0597. The van der Waals surface area contributed by atoms with Gasteiger partial charge in [-0.1, -0.05) is 49.7 Å². The summed E-state index contributed by atoms with van der Waals surface area (Å²) in [5.74, 6) is -0.0597. The molecule has 29 heavy (non-hydrogen) atoms. The van der Waals surface area contributed by atoms with E-state index in [2.05, 4.69) is 4.72 Å². The number of benzene rings is 2. The zero-order chi connectivity index (χ0) is 21.5. The molecule has 0 fully saturated rings. The van der Waals surface area contributed by atoms with E-state index in [1.807, 2.05) is 63.2 Å². The van der Waals surface area contributed by atoms with E-state index in [9.17, 15) is 13.2 Å². The summed E-state index contributed by atoms with van der Waals surface area (Å²) in [7, 11) is -2.16. The van der Waals surface area contributed by atoms with Crippen LogP contribution >= 0.6 is 0 Å². The number of aromatic nitrogens is 2. The molecule has 0 atom stereocenters. The Morgan fingerprint density at radius 1 is 0.966 bits per heavy atom. The highest BCUT2D eigenvalue weighted by Gasteiger charge is 2.27. The molecule has 154 valence electrons. The minimum Gasteiger partial charge on any atom is -0.283 e. The van der Waals surface area contributed by atoms with Crippen LogP contribution in [-0.2, 0) is 17.1 Å². The number of rotatable bonds is 5. The number of nitrogens with zero attached hydrogens (tertiary/aromatic N) is 2. The predicted molar refractivity (Wildman–Crippen MR) is 117 cm³/mol. The molecule has 0 bridgehead atoms. The fourth-order valence-electron chi connectivity index (χ4n) is 4.02. The summed E-state index contributed by atoms with van der Waals surface area (Å²) in [5.41, 5.74) is 3.30. The monoisotopic (exact) mass is 413 g/mol. The van der Waals surface area contributed by atoms with Crippen LogP contribution in [0.3, 0.4) is 0 Å². The second-order valence-electron chi connectivity index (χ2n) is 7.72. The van der Waals surface area contributed by atoms with Crippen LogP contribution in [0.2, 0.25) is 0 Å². The van der Waals surface area contributed by atoms with Gasteiger partial charge in [-0.15, -0.1) is 0 Å². The normalized spacial score (nSPS) is 11.8. The van der Waals surface area contributed by atoms with Crippen molar-refractivity contribution in [3.05, 3.63) is 75.2 Å². The van der Waals surface area contributed by atoms with E-state index in [4.69, 9.17) is 0 Å². The van der Waals surface area contributed by atoms with Gasteiger partial charge in [-0.25, -0.2) is 13.1 Å². The lowest BCUT2D eigenvalue weighted by atomic mass is 10.1. The van der Waals surface area contributed by atoms with Gasteiger partial charge in [-0.2, -0.15) is 0 Å². The lowest BCUT2D eigenvalue weighted by molar-refractivity contribution is 0.594. The molecule has 7 heteroatoms. The molecule has 3 rings (SSSR count). The average Bonchev–Trinajstić information content (AvgIpc) is 2.84. The van der Waals surface area contributed by atoms with Crippen LogP contribution < -0.4 is 10.3 Å². The maximum atomic E-state index is 13.3. The number of anilines is 1. The Morgan fingerprint density at radius 3 is 2.03 bits per heavy atom. The van der Waals surface area contributed by atoms with Crippen LogP contribution in [-0.4, -0.2) is 17.8 Å². The summed E-state index contributed by atoms with van der Waals surface area (Å²) in [4.78, 5) is 13.5. The molecular weight excluding hydrogens is 386 g/mol. The Labute approximate surface area is 171 Å². The molecule has 0 aliphatic heterocycles. The van der Waals surface area contributed by atoms with Crippen molar-refractivity contribution in [3.8, 4) is 5.69 Å². The van der Waals surface area contributed by atoms with Crippen molar-refractivity contribution in [1.29, 1.82) is 0 Å². The number of para-hydroxylation sites is 1. The summed E-state index contributed by atoms with van der Waals surface area (Å²) in [5, 5.41) is 0. The molecule has 1 aromatic heterocycles. The van der Waals surface area contributed by atoms with Gasteiger partial charge in [0.2, 0.25) is 0 Å². The van der Waals surface area contributed by atoms with Gasteiger partial charge < -0.3 is 0 Å². The minimum atomic E-state index is -3.93. The second-order valence-corrected chi connectivity index (χ2v) is 9.34. The summed E-state index contributed by atoms with van der Waals surface area (Å²) < 4.78 is 32.3. The van der Waals surface area contributed by atoms with Crippen molar-refractivity contribution in [1.82, 2.24) is 9.36 Å². The molecule has 1 heterocycles. The number of hydrogen-bond donors (Lipinski definition) is 1. The third-order valence-corrected chi connectivity index (χ3v) is 6.62. The molecule has 3 aromatic rings. The largest absolute Gasteiger partial charge is 0.296 e. The van der Waals surface area contributed by atoms with Gasteiger partial charge in [0.25, 0.3) is 15.6 Å². The molecule has 0 unspecified atom stereocenters. The Kier molecular flexibility index (Phi) is 5.45. The fraction of sp³-hybridized carbons (Fsp3) is 0.318. The van der Waals surface area contributed by atoms with Crippen molar-refractivity contribution < 1.29 is 8.42 Å². The van der Waals surface area contributed by atoms with Gasteiger partial charge in [0.1, 0.15) is 5.69 Å². The molecule has 0 amide bonds. The van der Waals surface area contributed by atoms with Crippen LogP contribution in [0.5, 0.6) is 0 Å². The summed E-state index contributed by atoms with van der Waals surface area (Å²) in [6.45, 7) is 9.33. The zero-order valence-electron chi connectivity index (χ0n) is 17.6. The van der Waals surface area contributed by atoms with E-state index in [1.165, 1.54) is 4.68 Å². The highest BCUT2D eigenvalue weighted by molar-refractivity contribution is 7.92. The molecule has 0 spiro atoms. The van der Waals surface area contributed by atoms with E-state index in [1.54, 1.807) is 25.6 Å². The van der Waals surface area contributed by atoms with E-state index in [0.717, 1.165) is 5.56 Å². The van der Waals surface area contributed by atoms with Gasteiger partial charge >= 0.3 is 0 Å². The third-order valence-electron chi connectivity index (χ3n) is 4.97. The summed E-state index contributed by atoms with van der Waals surface area (Å²) >= 11 is 0. The highest BCUT2D eigenvalue weighted by Crippen LogP contribution is 2.28. The number of hydrogen-bond acceptors (Lipinski definition) is 3. The van der Waals surface area contributed by atoms with Crippen molar-refractivity contribution in [3.63, 3.8) is 0 Å². The van der Waals surface area contributed by atoms with E-state index >= 15 is 0 Å². The maximum Gasteiger partial charge on any atom is 0.296 e. The molecule has 6 nitrogen and oxygen atoms in total. The van der Waals surface area contributed by atoms with Crippen LogP contribution in [0.25, 0.3) is 5.69 Å². The number of sulfonamides is 1.